The molecule has 1 aromatic heterocycles. The standard InChI is InChI=1S/C35H31FN2O4/c36-30-20-26(24-7-3-1-4-8-24)13-15-33(30)42-35(40)38-34-29-19-23(11-12-27(29)21-31(34)39)22-37-18-17-28-14-16-32(41-28)25-9-5-2-6-10-25/h1-16,19-20,31,34,37,39H,17-18,21-22H2,(H,38,40)/t31-,34-/m1/s1. The van der Waals surface area contributed by atoms with Crippen molar-refractivity contribution in [1.82, 2.24) is 10.6 Å². The van der Waals surface area contributed by atoms with Gasteiger partial charge in [0, 0.05) is 31.5 Å². The van der Waals surface area contributed by atoms with E-state index in [1.807, 2.05) is 91.0 Å². The molecule has 0 spiro atoms. The van der Waals surface area contributed by atoms with Gasteiger partial charge in [0.1, 0.15) is 11.5 Å². The zero-order valence-electron chi connectivity index (χ0n) is 22.9. The van der Waals surface area contributed by atoms with Crippen LogP contribution in [0.4, 0.5) is 9.18 Å². The summed E-state index contributed by atoms with van der Waals surface area (Å²) in [5.41, 5.74) is 5.41. The van der Waals surface area contributed by atoms with Gasteiger partial charge in [0.15, 0.2) is 11.6 Å². The Morgan fingerprint density at radius 2 is 1.64 bits per heavy atom. The molecule has 1 amide bonds. The van der Waals surface area contributed by atoms with Crippen molar-refractivity contribution in [2.45, 2.75) is 31.5 Å². The Balaban J connectivity index is 1.04. The van der Waals surface area contributed by atoms with Crippen LogP contribution in [0.5, 0.6) is 5.75 Å². The highest BCUT2D eigenvalue weighted by atomic mass is 19.1. The van der Waals surface area contributed by atoms with Gasteiger partial charge in [0.05, 0.1) is 12.1 Å². The zero-order valence-corrected chi connectivity index (χ0v) is 22.9. The highest BCUT2D eigenvalue weighted by Gasteiger charge is 2.33. The van der Waals surface area contributed by atoms with Gasteiger partial charge in [-0.05, 0) is 52.1 Å². The lowest BCUT2D eigenvalue weighted by Gasteiger charge is -2.18. The zero-order chi connectivity index (χ0) is 28.9. The third-order valence-electron chi connectivity index (χ3n) is 7.47. The molecule has 0 unspecified atom stereocenters. The molecule has 6 nitrogen and oxygen atoms in total. The maximum Gasteiger partial charge on any atom is 0.413 e. The van der Waals surface area contributed by atoms with Crippen LogP contribution in [0.2, 0.25) is 0 Å². The highest BCUT2D eigenvalue weighted by Crippen LogP contribution is 2.33. The van der Waals surface area contributed by atoms with E-state index in [1.54, 1.807) is 6.07 Å². The number of aliphatic hydroxyl groups is 1. The number of carbonyl (C=O) groups is 1. The number of rotatable bonds is 9. The summed E-state index contributed by atoms with van der Waals surface area (Å²) in [5, 5.41) is 16.9. The second-order valence-corrected chi connectivity index (χ2v) is 10.4. The first-order valence-corrected chi connectivity index (χ1v) is 14.0. The molecule has 0 radical (unpaired) electrons. The van der Waals surface area contributed by atoms with E-state index in [0.717, 1.165) is 52.3 Å². The topological polar surface area (TPSA) is 83.7 Å². The van der Waals surface area contributed by atoms with E-state index >= 15 is 0 Å². The molecule has 212 valence electrons. The van der Waals surface area contributed by atoms with Crippen molar-refractivity contribution in [2.75, 3.05) is 6.54 Å². The van der Waals surface area contributed by atoms with Crippen molar-refractivity contribution in [1.29, 1.82) is 0 Å². The van der Waals surface area contributed by atoms with Crippen molar-refractivity contribution in [3.8, 4) is 28.2 Å². The number of hydrogen-bond donors (Lipinski definition) is 3. The summed E-state index contributed by atoms with van der Waals surface area (Å²) in [5.74, 6) is 0.947. The molecule has 6 rings (SSSR count). The molecule has 3 N–H and O–H groups in total. The number of fused-ring (bicyclic) bond motifs is 1. The number of furan rings is 1. The Morgan fingerprint density at radius 3 is 2.40 bits per heavy atom. The van der Waals surface area contributed by atoms with Gasteiger partial charge < -0.3 is 24.9 Å². The van der Waals surface area contributed by atoms with Gasteiger partial charge in [0.25, 0.3) is 0 Å². The maximum absolute atomic E-state index is 14.7. The summed E-state index contributed by atoms with van der Waals surface area (Å²) < 4.78 is 26.0. The van der Waals surface area contributed by atoms with Crippen LogP contribution in [0.25, 0.3) is 22.5 Å². The summed E-state index contributed by atoms with van der Waals surface area (Å²) in [4.78, 5) is 12.7. The quantitative estimate of drug-likeness (QED) is 0.172. The largest absolute Gasteiger partial charge is 0.461 e. The Bertz CT molecular complexity index is 1670. The molecule has 7 heteroatoms. The van der Waals surface area contributed by atoms with Crippen molar-refractivity contribution >= 4 is 6.09 Å². The van der Waals surface area contributed by atoms with Gasteiger partial charge in [-0.15, -0.1) is 0 Å². The van der Waals surface area contributed by atoms with Crippen LogP contribution < -0.4 is 15.4 Å². The number of hydrogen-bond acceptors (Lipinski definition) is 5. The molecule has 0 saturated heterocycles. The van der Waals surface area contributed by atoms with Crippen molar-refractivity contribution in [3.63, 3.8) is 0 Å². The first-order valence-electron chi connectivity index (χ1n) is 14.0. The molecule has 1 aliphatic rings. The lowest BCUT2D eigenvalue weighted by Crippen LogP contribution is -2.36. The Labute approximate surface area is 243 Å². The first-order chi connectivity index (χ1) is 20.5. The number of carbonyl (C=O) groups excluding carboxylic acids is 1. The highest BCUT2D eigenvalue weighted by molar-refractivity contribution is 5.72. The number of benzene rings is 4. The van der Waals surface area contributed by atoms with E-state index < -0.39 is 24.1 Å². The predicted octanol–water partition coefficient (Wildman–Crippen LogP) is 6.83. The summed E-state index contributed by atoms with van der Waals surface area (Å²) in [6.07, 6.45) is -0.472. The Morgan fingerprint density at radius 1 is 0.881 bits per heavy atom. The van der Waals surface area contributed by atoms with Crippen LogP contribution in [0.3, 0.4) is 0 Å². The molecule has 0 saturated carbocycles. The summed E-state index contributed by atoms with van der Waals surface area (Å²) in [6, 6.07) is 33.2. The molecule has 2 atom stereocenters. The molecular weight excluding hydrogens is 531 g/mol. The average molecular weight is 563 g/mol. The van der Waals surface area contributed by atoms with E-state index in [0.29, 0.717) is 18.5 Å². The molecule has 4 aromatic carbocycles. The third-order valence-corrected chi connectivity index (χ3v) is 7.47. The van der Waals surface area contributed by atoms with Crippen LogP contribution in [-0.4, -0.2) is 23.8 Å². The lowest BCUT2D eigenvalue weighted by molar-refractivity contribution is 0.133. The minimum absolute atomic E-state index is 0.176. The van der Waals surface area contributed by atoms with Crippen LogP contribution in [0.15, 0.2) is 114 Å². The van der Waals surface area contributed by atoms with Gasteiger partial charge in [-0.25, -0.2) is 9.18 Å². The monoisotopic (exact) mass is 562 g/mol. The van der Waals surface area contributed by atoms with Crippen LogP contribution >= 0.6 is 0 Å². The predicted molar refractivity (Wildman–Crippen MR) is 159 cm³/mol. The molecule has 5 aromatic rings. The fraction of sp³-hybridized carbons (Fsp3) is 0.171. The number of aliphatic hydroxyl groups excluding tert-OH is 1. The smallest absolute Gasteiger partial charge is 0.413 e. The molecule has 1 aliphatic carbocycles. The molecule has 42 heavy (non-hydrogen) atoms. The summed E-state index contributed by atoms with van der Waals surface area (Å²) >= 11 is 0. The van der Waals surface area contributed by atoms with Gasteiger partial charge in [-0.3, -0.25) is 0 Å². The number of ether oxygens (including phenoxy) is 1. The molecule has 0 bridgehead atoms. The third kappa shape index (κ3) is 6.28. The van der Waals surface area contributed by atoms with Crippen molar-refractivity contribution in [3.05, 3.63) is 137 Å². The van der Waals surface area contributed by atoms with Crippen LogP contribution in [-0.2, 0) is 19.4 Å². The maximum atomic E-state index is 14.7. The second kappa shape index (κ2) is 12.4. The SMILES string of the molecule is O=C(N[C@@H]1c2cc(CNCCc3ccc(-c4ccccc4)o3)ccc2C[C@H]1O)Oc1ccc(-c2ccccc2)cc1F. The fourth-order valence-corrected chi connectivity index (χ4v) is 5.32. The normalized spacial score (nSPS) is 15.8. The Hall–Kier alpha value is -4.72. The average Bonchev–Trinajstić information content (AvgIpc) is 3.61. The number of amides is 1. The minimum atomic E-state index is -0.824. The van der Waals surface area contributed by atoms with Crippen LogP contribution in [0, 0.1) is 5.82 Å². The second-order valence-electron chi connectivity index (χ2n) is 10.4. The van der Waals surface area contributed by atoms with E-state index in [4.69, 9.17) is 9.15 Å². The minimum Gasteiger partial charge on any atom is -0.461 e. The molecule has 0 aliphatic heterocycles. The summed E-state index contributed by atoms with van der Waals surface area (Å²) in [6.45, 7) is 1.34. The lowest BCUT2D eigenvalue weighted by atomic mass is 10.0. The molecule has 0 fully saturated rings. The summed E-state index contributed by atoms with van der Waals surface area (Å²) in [7, 11) is 0. The van der Waals surface area contributed by atoms with Gasteiger partial charge >= 0.3 is 6.09 Å². The van der Waals surface area contributed by atoms with Gasteiger partial charge in [-0.2, -0.15) is 0 Å². The van der Waals surface area contributed by atoms with Crippen molar-refractivity contribution in [2.24, 2.45) is 0 Å². The van der Waals surface area contributed by atoms with E-state index in [1.165, 1.54) is 12.1 Å². The van der Waals surface area contributed by atoms with Gasteiger partial charge in [0.2, 0.25) is 0 Å². The van der Waals surface area contributed by atoms with Crippen molar-refractivity contribution < 1.29 is 23.4 Å². The van der Waals surface area contributed by atoms with Crippen LogP contribution in [0.1, 0.15) is 28.5 Å². The fourth-order valence-electron chi connectivity index (χ4n) is 5.32. The molecular formula is C35H31FN2O4. The number of nitrogens with one attached hydrogen (secondary N) is 2. The number of halogens is 1. The van der Waals surface area contributed by atoms with E-state index in [9.17, 15) is 14.3 Å². The molecule has 1 heterocycles. The van der Waals surface area contributed by atoms with E-state index in [2.05, 4.69) is 10.6 Å². The van der Waals surface area contributed by atoms with E-state index in [-0.39, 0.29) is 5.75 Å². The van der Waals surface area contributed by atoms with Gasteiger partial charge in [-0.1, -0.05) is 84.9 Å². The first kappa shape index (κ1) is 27.4. The Kier molecular flexibility index (Phi) is 8.12.